The minimum atomic E-state index is -0.286. The monoisotopic (exact) mass is 323 g/mol. The zero-order chi connectivity index (χ0) is 15.2. The number of hydrogen-bond donors (Lipinski definition) is 1. The van der Waals surface area contributed by atoms with Gasteiger partial charge in [-0.2, -0.15) is 0 Å². The maximum Gasteiger partial charge on any atom is 0.254 e. The van der Waals surface area contributed by atoms with Gasteiger partial charge in [-0.3, -0.25) is 4.79 Å². The molecule has 1 N–H and O–H groups in total. The van der Waals surface area contributed by atoms with Crippen molar-refractivity contribution in [2.75, 3.05) is 7.11 Å². The average molecular weight is 324 g/mol. The van der Waals surface area contributed by atoms with E-state index in [4.69, 9.17) is 27.9 Å². The van der Waals surface area contributed by atoms with Gasteiger partial charge in [-0.05, 0) is 23.3 Å². The van der Waals surface area contributed by atoms with Gasteiger partial charge in [-0.15, -0.1) is 0 Å². The Hall–Kier alpha value is -1.55. The standard InChI is InChI=1S/C16H15Cl2NO2/c1-21-10-12-7-5-11(6-8-12)9-19-16(20)15-13(17)3-2-4-14(15)18/h2-8H,9-10H2,1H3,(H,19,20). The fourth-order valence-corrected chi connectivity index (χ4v) is 2.47. The average Bonchev–Trinajstić information content (AvgIpc) is 2.47. The maximum atomic E-state index is 12.1. The molecule has 0 radical (unpaired) electrons. The molecule has 2 rings (SSSR count). The van der Waals surface area contributed by atoms with Gasteiger partial charge in [0, 0.05) is 13.7 Å². The second kappa shape index (κ2) is 7.46. The topological polar surface area (TPSA) is 38.3 Å². The molecule has 0 fully saturated rings. The van der Waals surface area contributed by atoms with Crippen LogP contribution in [0.3, 0.4) is 0 Å². The third-order valence-corrected chi connectivity index (χ3v) is 3.61. The summed E-state index contributed by atoms with van der Waals surface area (Å²) in [6.45, 7) is 0.982. The van der Waals surface area contributed by atoms with E-state index in [-0.39, 0.29) is 5.91 Å². The second-order valence-corrected chi connectivity index (χ2v) is 5.34. The molecule has 0 aliphatic heterocycles. The Morgan fingerprint density at radius 3 is 2.19 bits per heavy atom. The minimum absolute atomic E-state index is 0.286. The fraction of sp³-hybridized carbons (Fsp3) is 0.188. The Morgan fingerprint density at radius 2 is 1.62 bits per heavy atom. The summed E-state index contributed by atoms with van der Waals surface area (Å²) in [5.74, 6) is -0.286. The molecule has 0 spiro atoms. The van der Waals surface area contributed by atoms with Crippen LogP contribution in [0.15, 0.2) is 42.5 Å². The summed E-state index contributed by atoms with van der Waals surface area (Å²) in [6, 6.07) is 12.8. The van der Waals surface area contributed by atoms with Crippen LogP contribution in [-0.2, 0) is 17.9 Å². The molecule has 3 nitrogen and oxygen atoms in total. The number of halogens is 2. The quantitative estimate of drug-likeness (QED) is 0.900. The molecule has 110 valence electrons. The van der Waals surface area contributed by atoms with Crippen LogP contribution in [0.5, 0.6) is 0 Å². The summed E-state index contributed by atoms with van der Waals surface area (Å²) in [5, 5.41) is 3.50. The summed E-state index contributed by atoms with van der Waals surface area (Å²) in [6.07, 6.45) is 0. The number of carbonyl (C=O) groups is 1. The predicted octanol–water partition coefficient (Wildman–Crippen LogP) is 4.07. The molecular formula is C16H15Cl2NO2. The van der Waals surface area contributed by atoms with E-state index in [0.717, 1.165) is 11.1 Å². The number of amides is 1. The first-order chi connectivity index (χ1) is 10.1. The van der Waals surface area contributed by atoms with E-state index >= 15 is 0 Å². The van der Waals surface area contributed by atoms with Crippen LogP contribution in [-0.4, -0.2) is 13.0 Å². The summed E-state index contributed by atoms with van der Waals surface area (Å²) < 4.78 is 5.05. The zero-order valence-corrected chi connectivity index (χ0v) is 13.0. The molecule has 0 bridgehead atoms. The van der Waals surface area contributed by atoms with Gasteiger partial charge in [0.25, 0.3) is 5.91 Å². The Balaban J connectivity index is 2.01. The van der Waals surface area contributed by atoms with Crippen molar-refractivity contribution in [2.24, 2.45) is 0 Å². The van der Waals surface area contributed by atoms with E-state index in [0.29, 0.717) is 28.8 Å². The van der Waals surface area contributed by atoms with Crippen LogP contribution in [0.25, 0.3) is 0 Å². The number of benzene rings is 2. The fourth-order valence-electron chi connectivity index (χ4n) is 1.91. The Morgan fingerprint density at radius 1 is 1.05 bits per heavy atom. The molecule has 0 aliphatic carbocycles. The smallest absolute Gasteiger partial charge is 0.254 e. The van der Waals surface area contributed by atoms with Gasteiger partial charge in [-0.25, -0.2) is 0 Å². The van der Waals surface area contributed by atoms with Crippen molar-refractivity contribution in [3.63, 3.8) is 0 Å². The number of rotatable bonds is 5. The van der Waals surface area contributed by atoms with Crippen LogP contribution in [0, 0.1) is 0 Å². The van der Waals surface area contributed by atoms with Crippen molar-refractivity contribution in [1.29, 1.82) is 0 Å². The highest BCUT2D eigenvalue weighted by Crippen LogP contribution is 2.24. The van der Waals surface area contributed by atoms with Gasteiger partial charge in [0.05, 0.1) is 22.2 Å². The van der Waals surface area contributed by atoms with Gasteiger partial charge in [0.15, 0.2) is 0 Å². The molecule has 2 aromatic carbocycles. The molecule has 5 heteroatoms. The first-order valence-corrected chi connectivity index (χ1v) is 7.16. The van der Waals surface area contributed by atoms with E-state index < -0.39 is 0 Å². The lowest BCUT2D eigenvalue weighted by Crippen LogP contribution is -2.23. The van der Waals surface area contributed by atoms with Crippen molar-refractivity contribution in [3.05, 3.63) is 69.2 Å². The summed E-state index contributed by atoms with van der Waals surface area (Å²) in [5.41, 5.74) is 2.38. The van der Waals surface area contributed by atoms with Gasteiger partial charge in [0.1, 0.15) is 0 Å². The minimum Gasteiger partial charge on any atom is -0.380 e. The molecule has 21 heavy (non-hydrogen) atoms. The van der Waals surface area contributed by atoms with Crippen molar-refractivity contribution in [2.45, 2.75) is 13.2 Å². The number of ether oxygens (including phenoxy) is 1. The largest absolute Gasteiger partial charge is 0.380 e. The van der Waals surface area contributed by atoms with Crippen molar-refractivity contribution >= 4 is 29.1 Å². The maximum absolute atomic E-state index is 12.1. The van der Waals surface area contributed by atoms with Gasteiger partial charge in [-0.1, -0.05) is 53.5 Å². The lowest BCUT2D eigenvalue weighted by atomic mass is 10.1. The molecule has 0 aromatic heterocycles. The van der Waals surface area contributed by atoms with E-state index in [9.17, 15) is 4.79 Å². The zero-order valence-electron chi connectivity index (χ0n) is 11.5. The molecule has 0 saturated carbocycles. The first-order valence-electron chi connectivity index (χ1n) is 6.41. The molecule has 0 aliphatic rings. The molecule has 0 heterocycles. The van der Waals surface area contributed by atoms with Crippen LogP contribution in [0.2, 0.25) is 10.0 Å². The Bertz CT molecular complexity index is 606. The normalized spacial score (nSPS) is 10.4. The Labute approximate surface area is 133 Å². The second-order valence-electron chi connectivity index (χ2n) is 4.53. The summed E-state index contributed by atoms with van der Waals surface area (Å²) >= 11 is 12.0. The summed E-state index contributed by atoms with van der Waals surface area (Å²) in [4.78, 5) is 12.1. The molecule has 2 aromatic rings. The van der Waals surface area contributed by atoms with Crippen LogP contribution in [0.1, 0.15) is 21.5 Å². The van der Waals surface area contributed by atoms with E-state index in [1.807, 2.05) is 24.3 Å². The first kappa shape index (κ1) is 15.8. The van der Waals surface area contributed by atoms with Crippen molar-refractivity contribution < 1.29 is 9.53 Å². The third-order valence-electron chi connectivity index (χ3n) is 2.98. The lowest BCUT2D eigenvalue weighted by molar-refractivity contribution is 0.0951. The highest BCUT2D eigenvalue weighted by molar-refractivity contribution is 6.39. The van der Waals surface area contributed by atoms with E-state index in [1.165, 1.54) is 0 Å². The molecule has 0 saturated heterocycles. The van der Waals surface area contributed by atoms with E-state index in [2.05, 4.69) is 5.32 Å². The number of hydrogen-bond acceptors (Lipinski definition) is 2. The highest BCUT2D eigenvalue weighted by atomic mass is 35.5. The van der Waals surface area contributed by atoms with E-state index in [1.54, 1.807) is 25.3 Å². The Kier molecular flexibility index (Phi) is 5.62. The number of methoxy groups -OCH3 is 1. The third kappa shape index (κ3) is 4.21. The lowest BCUT2D eigenvalue weighted by Gasteiger charge is -2.09. The number of carbonyl (C=O) groups excluding carboxylic acids is 1. The molecule has 1 amide bonds. The van der Waals surface area contributed by atoms with Gasteiger partial charge >= 0.3 is 0 Å². The van der Waals surface area contributed by atoms with Crippen LogP contribution in [0.4, 0.5) is 0 Å². The van der Waals surface area contributed by atoms with Crippen LogP contribution >= 0.6 is 23.2 Å². The number of nitrogens with one attached hydrogen (secondary N) is 1. The molecule has 0 atom stereocenters. The SMILES string of the molecule is COCc1ccc(CNC(=O)c2c(Cl)cccc2Cl)cc1. The van der Waals surface area contributed by atoms with Crippen molar-refractivity contribution in [3.8, 4) is 0 Å². The predicted molar refractivity (Wildman–Crippen MR) is 84.8 cm³/mol. The highest BCUT2D eigenvalue weighted by Gasteiger charge is 2.13. The van der Waals surface area contributed by atoms with Gasteiger partial charge in [0.2, 0.25) is 0 Å². The molecule has 0 unspecified atom stereocenters. The summed E-state index contributed by atoms with van der Waals surface area (Å²) in [7, 11) is 1.65. The van der Waals surface area contributed by atoms with Crippen LogP contribution < -0.4 is 5.32 Å². The van der Waals surface area contributed by atoms with Gasteiger partial charge < -0.3 is 10.1 Å². The molecular weight excluding hydrogens is 309 g/mol. The van der Waals surface area contributed by atoms with Crippen molar-refractivity contribution in [1.82, 2.24) is 5.32 Å².